The number of piperazine rings is 1. The SMILES string of the molecule is CC.CC(C)C(=O)C1CC=C(c2nccc(N3C4CCC3CN(C)C4)n2)CC1. The highest BCUT2D eigenvalue weighted by Gasteiger charge is 2.39. The third-order valence-electron chi connectivity index (χ3n) is 6.24. The van der Waals surface area contributed by atoms with E-state index in [2.05, 4.69) is 34.0 Å². The van der Waals surface area contributed by atoms with Crippen LogP contribution < -0.4 is 4.90 Å². The molecule has 1 aromatic rings. The number of aromatic nitrogens is 2. The highest BCUT2D eigenvalue weighted by atomic mass is 16.1. The summed E-state index contributed by atoms with van der Waals surface area (Å²) in [7, 11) is 2.22. The van der Waals surface area contributed by atoms with Crippen molar-refractivity contribution in [3.63, 3.8) is 0 Å². The molecule has 5 heteroatoms. The summed E-state index contributed by atoms with van der Waals surface area (Å²) in [5.74, 6) is 2.63. The molecule has 5 nitrogen and oxygen atoms in total. The molecule has 154 valence electrons. The fraction of sp³-hybridized carbons (Fsp3) is 0.696. The lowest BCUT2D eigenvalue weighted by molar-refractivity contribution is -0.126. The first-order chi connectivity index (χ1) is 13.5. The molecule has 2 saturated heterocycles. The van der Waals surface area contributed by atoms with E-state index in [1.54, 1.807) is 0 Å². The smallest absolute Gasteiger partial charge is 0.157 e. The summed E-state index contributed by atoms with van der Waals surface area (Å²) in [6.07, 6.45) is 9.29. The van der Waals surface area contributed by atoms with Crippen LogP contribution in [0.25, 0.3) is 5.57 Å². The van der Waals surface area contributed by atoms with E-state index in [4.69, 9.17) is 4.98 Å². The maximum Gasteiger partial charge on any atom is 0.157 e. The van der Waals surface area contributed by atoms with Gasteiger partial charge in [-0.2, -0.15) is 0 Å². The van der Waals surface area contributed by atoms with Gasteiger partial charge in [-0.1, -0.05) is 33.8 Å². The predicted molar refractivity (Wildman–Crippen MR) is 115 cm³/mol. The molecule has 0 N–H and O–H groups in total. The molecule has 4 rings (SSSR count). The van der Waals surface area contributed by atoms with Crippen molar-refractivity contribution in [3.05, 3.63) is 24.2 Å². The lowest BCUT2D eigenvalue weighted by Crippen LogP contribution is -2.52. The van der Waals surface area contributed by atoms with Gasteiger partial charge in [0, 0.05) is 43.2 Å². The molecule has 3 aliphatic rings. The second kappa shape index (κ2) is 9.17. The van der Waals surface area contributed by atoms with E-state index in [1.165, 1.54) is 18.4 Å². The van der Waals surface area contributed by atoms with E-state index in [9.17, 15) is 4.79 Å². The monoisotopic (exact) mass is 384 g/mol. The van der Waals surface area contributed by atoms with Gasteiger partial charge in [-0.05, 0) is 50.8 Å². The number of carbonyl (C=O) groups is 1. The number of fused-ring (bicyclic) bond motifs is 2. The van der Waals surface area contributed by atoms with Crippen molar-refractivity contribution in [2.24, 2.45) is 11.8 Å². The van der Waals surface area contributed by atoms with Gasteiger partial charge >= 0.3 is 0 Å². The molecular weight excluding hydrogens is 348 g/mol. The fourth-order valence-electron chi connectivity index (χ4n) is 4.90. The van der Waals surface area contributed by atoms with Crippen LogP contribution in [0.2, 0.25) is 0 Å². The molecule has 0 aromatic carbocycles. The van der Waals surface area contributed by atoms with Crippen molar-refractivity contribution in [3.8, 4) is 0 Å². The maximum absolute atomic E-state index is 12.2. The first-order valence-electron chi connectivity index (χ1n) is 11.1. The molecule has 3 atom stereocenters. The Kier molecular flexibility index (Phi) is 6.86. The Morgan fingerprint density at radius 2 is 1.82 bits per heavy atom. The van der Waals surface area contributed by atoms with Crippen LogP contribution in [0.1, 0.15) is 65.6 Å². The zero-order valence-corrected chi connectivity index (χ0v) is 18.2. The highest BCUT2D eigenvalue weighted by molar-refractivity contribution is 5.84. The summed E-state index contributed by atoms with van der Waals surface area (Å²) in [5.41, 5.74) is 1.21. The van der Waals surface area contributed by atoms with E-state index in [0.29, 0.717) is 17.9 Å². The van der Waals surface area contributed by atoms with Gasteiger partial charge in [-0.3, -0.25) is 4.79 Å². The van der Waals surface area contributed by atoms with Gasteiger partial charge in [0.15, 0.2) is 5.82 Å². The van der Waals surface area contributed by atoms with Crippen LogP contribution in [0.3, 0.4) is 0 Å². The Morgan fingerprint density at radius 1 is 1.14 bits per heavy atom. The average Bonchev–Trinajstić information content (AvgIpc) is 3.00. The molecule has 1 aromatic heterocycles. The van der Waals surface area contributed by atoms with Crippen molar-refractivity contribution < 1.29 is 4.79 Å². The number of ketones is 1. The molecule has 0 spiro atoms. The van der Waals surface area contributed by atoms with Crippen molar-refractivity contribution in [2.75, 3.05) is 25.0 Å². The summed E-state index contributed by atoms with van der Waals surface area (Å²) < 4.78 is 0. The minimum atomic E-state index is 0.127. The van der Waals surface area contributed by atoms with Gasteiger partial charge in [-0.25, -0.2) is 9.97 Å². The van der Waals surface area contributed by atoms with Crippen LogP contribution in [0, 0.1) is 11.8 Å². The molecule has 2 fully saturated rings. The largest absolute Gasteiger partial charge is 0.348 e. The van der Waals surface area contributed by atoms with Crippen molar-refractivity contribution in [1.82, 2.24) is 14.9 Å². The Labute approximate surface area is 170 Å². The second-order valence-electron chi connectivity index (χ2n) is 8.51. The molecule has 28 heavy (non-hydrogen) atoms. The molecule has 1 aliphatic carbocycles. The summed E-state index contributed by atoms with van der Waals surface area (Å²) in [6.45, 7) is 10.2. The summed E-state index contributed by atoms with van der Waals surface area (Å²) >= 11 is 0. The molecule has 0 radical (unpaired) electrons. The Bertz CT molecular complexity index is 700. The Balaban J connectivity index is 0.00000109. The number of likely N-dealkylation sites (N-methyl/N-ethyl adjacent to an activating group) is 1. The minimum Gasteiger partial charge on any atom is -0.348 e. The zero-order chi connectivity index (χ0) is 20.3. The number of hydrogen-bond donors (Lipinski definition) is 0. The minimum absolute atomic E-state index is 0.127. The van der Waals surface area contributed by atoms with Gasteiger partial charge in [-0.15, -0.1) is 0 Å². The third-order valence-corrected chi connectivity index (χ3v) is 6.24. The number of nitrogens with zero attached hydrogens (tertiary/aromatic N) is 4. The van der Waals surface area contributed by atoms with Gasteiger partial charge in [0.1, 0.15) is 11.6 Å². The van der Waals surface area contributed by atoms with Crippen LogP contribution in [-0.4, -0.2) is 52.9 Å². The molecule has 3 unspecified atom stereocenters. The zero-order valence-electron chi connectivity index (χ0n) is 18.2. The lowest BCUT2D eigenvalue weighted by atomic mass is 9.83. The van der Waals surface area contributed by atoms with Crippen molar-refractivity contribution in [2.45, 2.75) is 71.9 Å². The first-order valence-corrected chi connectivity index (χ1v) is 11.1. The summed E-state index contributed by atoms with van der Waals surface area (Å²) in [5, 5.41) is 0. The molecule has 0 amide bonds. The van der Waals surface area contributed by atoms with E-state index < -0.39 is 0 Å². The quantitative estimate of drug-likeness (QED) is 0.779. The van der Waals surface area contributed by atoms with Crippen LogP contribution >= 0.6 is 0 Å². The van der Waals surface area contributed by atoms with Gasteiger partial charge in [0.25, 0.3) is 0 Å². The number of allylic oxidation sites excluding steroid dienone is 2. The van der Waals surface area contributed by atoms with Gasteiger partial charge in [0.05, 0.1) is 0 Å². The summed E-state index contributed by atoms with van der Waals surface area (Å²) in [6, 6.07) is 3.22. The fourth-order valence-corrected chi connectivity index (χ4v) is 4.90. The number of anilines is 1. The Hall–Kier alpha value is -1.75. The standard InChI is InChI=1S/C21H30N4O.C2H6/c1-14(2)20(26)15-4-6-16(7-5-15)21-22-11-10-19(23-21)25-17-8-9-18(25)13-24(3)12-17;1-2/h6,10-11,14-15,17-18H,4-5,7-9,12-13H2,1-3H3;1-2H3. The van der Waals surface area contributed by atoms with Gasteiger partial charge < -0.3 is 9.80 Å². The normalized spacial score (nSPS) is 27.3. The van der Waals surface area contributed by atoms with E-state index in [0.717, 1.165) is 44.0 Å². The molecule has 2 aliphatic heterocycles. The van der Waals surface area contributed by atoms with E-state index >= 15 is 0 Å². The average molecular weight is 385 g/mol. The van der Waals surface area contributed by atoms with Crippen LogP contribution in [0.4, 0.5) is 5.82 Å². The van der Waals surface area contributed by atoms with Crippen molar-refractivity contribution >= 4 is 17.2 Å². The Morgan fingerprint density at radius 3 is 2.39 bits per heavy atom. The third kappa shape index (κ3) is 4.29. The predicted octanol–water partition coefficient (Wildman–Crippen LogP) is 4.19. The number of carbonyl (C=O) groups excluding carboxylic acids is 1. The van der Waals surface area contributed by atoms with Gasteiger partial charge in [0.2, 0.25) is 0 Å². The molecular formula is C23H36N4O. The number of likely N-dealkylation sites (tertiary alicyclic amines) is 1. The second-order valence-corrected chi connectivity index (χ2v) is 8.51. The number of Topliss-reactive ketones (excluding diaryl/α,β-unsaturated/α-hetero) is 1. The molecule has 3 heterocycles. The van der Waals surface area contributed by atoms with E-state index in [1.807, 2.05) is 33.9 Å². The first kappa shape index (κ1) is 21.0. The van der Waals surface area contributed by atoms with Crippen LogP contribution in [-0.2, 0) is 4.79 Å². The molecule has 2 bridgehead atoms. The number of hydrogen-bond acceptors (Lipinski definition) is 5. The maximum atomic E-state index is 12.2. The van der Waals surface area contributed by atoms with Crippen LogP contribution in [0.15, 0.2) is 18.3 Å². The van der Waals surface area contributed by atoms with E-state index in [-0.39, 0.29) is 11.8 Å². The van der Waals surface area contributed by atoms with Crippen LogP contribution in [0.5, 0.6) is 0 Å². The summed E-state index contributed by atoms with van der Waals surface area (Å²) in [4.78, 5) is 26.7. The topological polar surface area (TPSA) is 49.3 Å². The lowest BCUT2D eigenvalue weighted by Gasteiger charge is -2.40. The molecule has 0 saturated carbocycles. The van der Waals surface area contributed by atoms with Crippen molar-refractivity contribution in [1.29, 1.82) is 0 Å². The number of rotatable bonds is 4. The highest BCUT2D eigenvalue weighted by Crippen LogP contribution is 2.35.